The van der Waals surface area contributed by atoms with E-state index in [4.69, 9.17) is 4.74 Å². The van der Waals surface area contributed by atoms with E-state index in [1.54, 1.807) is 18.0 Å². The van der Waals surface area contributed by atoms with E-state index >= 15 is 0 Å². The maximum atomic E-state index is 12.1. The molecular formula is C19H24N6O2. The number of carbonyl (C=O) groups excluding carboxylic acids is 1. The lowest BCUT2D eigenvalue weighted by atomic mass is 10.1. The summed E-state index contributed by atoms with van der Waals surface area (Å²) >= 11 is 0. The molecule has 0 unspecified atom stereocenters. The number of fused-ring (bicyclic) bond motifs is 1. The largest absolute Gasteiger partial charge is 0.383 e. The first-order valence-electron chi connectivity index (χ1n) is 8.89. The van der Waals surface area contributed by atoms with Crippen molar-refractivity contribution in [1.82, 2.24) is 25.1 Å². The lowest BCUT2D eigenvalue weighted by molar-refractivity contribution is -0.120. The Hall–Kier alpha value is -3.00. The van der Waals surface area contributed by atoms with Crippen LogP contribution in [0, 0.1) is 6.92 Å². The Morgan fingerprint density at radius 3 is 2.96 bits per heavy atom. The van der Waals surface area contributed by atoms with Crippen LogP contribution in [0.5, 0.6) is 0 Å². The number of hydrogen-bond donors (Lipinski definition) is 2. The highest BCUT2D eigenvalue weighted by molar-refractivity contribution is 5.86. The molecule has 0 saturated heterocycles. The smallest absolute Gasteiger partial charge is 0.224 e. The summed E-state index contributed by atoms with van der Waals surface area (Å²) in [6.45, 7) is 4.29. The van der Waals surface area contributed by atoms with Crippen molar-refractivity contribution in [3.05, 3.63) is 47.9 Å². The molecule has 0 radical (unpaired) electrons. The van der Waals surface area contributed by atoms with Gasteiger partial charge >= 0.3 is 0 Å². The first kappa shape index (κ1) is 18.8. The maximum absolute atomic E-state index is 12.1. The summed E-state index contributed by atoms with van der Waals surface area (Å²) < 4.78 is 6.81. The van der Waals surface area contributed by atoms with Crippen molar-refractivity contribution in [3.63, 3.8) is 0 Å². The minimum absolute atomic E-state index is 0.00592. The van der Waals surface area contributed by atoms with Crippen LogP contribution in [0.4, 0.5) is 5.82 Å². The van der Waals surface area contributed by atoms with Crippen molar-refractivity contribution < 1.29 is 9.53 Å². The lowest BCUT2D eigenvalue weighted by Crippen LogP contribution is -2.28. The van der Waals surface area contributed by atoms with Crippen LogP contribution in [0.3, 0.4) is 0 Å². The van der Waals surface area contributed by atoms with Gasteiger partial charge in [-0.15, -0.1) is 0 Å². The number of aromatic nitrogens is 4. The van der Waals surface area contributed by atoms with Crippen molar-refractivity contribution in [1.29, 1.82) is 0 Å². The number of nitrogens with one attached hydrogen (secondary N) is 2. The van der Waals surface area contributed by atoms with Crippen molar-refractivity contribution in [3.8, 4) is 0 Å². The molecule has 3 aromatic rings. The number of methoxy groups -OCH3 is 1. The molecule has 0 fully saturated rings. The second-order valence-corrected chi connectivity index (χ2v) is 6.26. The van der Waals surface area contributed by atoms with Crippen LogP contribution >= 0.6 is 0 Å². The summed E-state index contributed by atoms with van der Waals surface area (Å²) in [6, 6.07) is 7.97. The van der Waals surface area contributed by atoms with Gasteiger partial charge in [0.05, 0.1) is 31.2 Å². The predicted octanol–water partition coefficient (Wildman–Crippen LogP) is 1.55. The fourth-order valence-corrected chi connectivity index (χ4v) is 2.84. The number of carbonyl (C=O) groups is 1. The van der Waals surface area contributed by atoms with E-state index in [-0.39, 0.29) is 5.91 Å². The SMILES string of the molecule is COCCNc1ncnc2c1cnn2CCNC(=O)Cc1cccc(C)c1. The number of ether oxygens (including phenoxy) is 1. The number of rotatable bonds is 9. The number of benzene rings is 1. The molecule has 8 nitrogen and oxygen atoms in total. The highest BCUT2D eigenvalue weighted by Gasteiger charge is 2.10. The Balaban J connectivity index is 1.55. The molecule has 0 aliphatic rings. The monoisotopic (exact) mass is 368 g/mol. The molecule has 3 rings (SSSR count). The van der Waals surface area contributed by atoms with Gasteiger partial charge in [0, 0.05) is 20.2 Å². The summed E-state index contributed by atoms with van der Waals surface area (Å²) in [4.78, 5) is 20.7. The number of nitrogens with zero attached hydrogens (tertiary/aromatic N) is 4. The quantitative estimate of drug-likeness (QED) is 0.557. The van der Waals surface area contributed by atoms with Crippen LogP contribution in [0.25, 0.3) is 11.0 Å². The molecule has 0 aliphatic carbocycles. The first-order chi connectivity index (χ1) is 13.2. The number of amides is 1. The van der Waals surface area contributed by atoms with Crippen LogP contribution in [0.2, 0.25) is 0 Å². The van der Waals surface area contributed by atoms with Gasteiger partial charge in [-0.05, 0) is 12.5 Å². The predicted molar refractivity (Wildman–Crippen MR) is 104 cm³/mol. The third-order valence-electron chi connectivity index (χ3n) is 4.13. The van der Waals surface area contributed by atoms with Crippen molar-refractivity contribution in [2.75, 3.05) is 32.1 Å². The molecular weight excluding hydrogens is 344 g/mol. The number of aryl methyl sites for hydroxylation is 1. The zero-order valence-electron chi connectivity index (χ0n) is 15.6. The molecule has 0 saturated carbocycles. The fraction of sp³-hybridized carbons (Fsp3) is 0.368. The van der Waals surface area contributed by atoms with Gasteiger partial charge < -0.3 is 15.4 Å². The average Bonchev–Trinajstić information content (AvgIpc) is 3.06. The summed E-state index contributed by atoms with van der Waals surface area (Å²) in [5, 5.41) is 11.4. The summed E-state index contributed by atoms with van der Waals surface area (Å²) in [5.41, 5.74) is 2.90. The Kier molecular flexibility index (Phi) is 6.32. The van der Waals surface area contributed by atoms with Crippen LogP contribution in [-0.2, 0) is 22.5 Å². The molecule has 2 aromatic heterocycles. The molecule has 0 spiro atoms. The van der Waals surface area contributed by atoms with Gasteiger partial charge in [0.2, 0.25) is 5.91 Å². The van der Waals surface area contributed by atoms with E-state index in [2.05, 4.69) is 25.7 Å². The molecule has 8 heteroatoms. The van der Waals surface area contributed by atoms with E-state index in [1.807, 2.05) is 31.2 Å². The molecule has 2 N–H and O–H groups in total. The average molecular weight is 368 g/mol. The van der Waals surface area contributed by atoms with Gasteiger partial charge in [-0.3, -0.25) is 4.79 Å². The minimum Gasteiger partial charge on any atom is -0.383 e. The van der Waals surface area contributed by atoms with Crippen LogP contribution in [0.15, 0.2) is 36.8 Å². The molecule has 2 heterocycles. The normalized spacial score (nSPS) is 10.9. The summed E-state index contributed by atoms with van der Waals surface area (Å²) in [5.74, 6) is 0.723. The van der Waals surface area contributed by atoms with Gasteiger partial charge in [-0.25, -0.2) is 14.6 Å². The second kappa shape index (κ2) is 9.09. The van der Waals surface area contributed by atoms with Crippen LogP contribution in [0.1, 0.15) is 11.1 Å². The van der Waals surface area contributed by atoms with Gasteiger partial charge in [0.15, 0.2) is 5.65 Å². The zero-order chi connectivity index (χ0) is 19.1. The van der Waals surface area contributed by atoms with Gasteiger partial charge in [-0.1, -0.05) is 29.8 Å². The summed E-state index contributed by atoms with van der Waals surface area (Å²) in [6.07, 6.45) is 3.61. The fourth-order valence-electron chi connectivity index (χ4n) is 2.84. The van der Waals surface area contributed by atoms with Gasteiger partial charge in [0.1, 0.15) is 12.1 Å². The highest BCUT2D eigenvalue weighted by atomic mass is 16.5. The molecule has 0 atom stereocenters. The first-order valence-corrected chi connectivity index (χ1v) is 8.89. The van der Waals surface area contributed by atoms with E-state index in [0.717, 1.165) is 28.0 Å². The molecule has 142 valence electrons. The highest BCUT2D eigenvalue weighted by Crippen LogP contribution is 2.18. The van der Waals surface area contributed by atoms with E-state index < -0.39 is 0 Å². The van der Waals surface area contributed by atoms with Crippen molar-refractivity contribution in [2.45, 2.75) is 19.9 Å². The molecule has 1 amide bonds. The van der Waals surface area contributed by atoms with Crippen LogP contribution in [-0.4, -0.2) is 52.5 Å². The maximum Gasteiger partial charge on any atom is 0.224 e. The van der Waals surface area contributed by atoms with E-state index in [0.29, 0.717) is 32.7 Å². The molecule has 0 bridgehead atoms. The Labute approximate surface area is 158 Å². The Bertz CT molecular complexity index is 908. The number of hydrogen-bond acceptors (Lipinski definition) is 6. The Morgan fingerprint density at radius 1 is 1.26 bits per heavy atom. The molecule has 1 aromatic carbocycles. The van der Waals surface area contributed by atoms with Crippen LogP contribution < -0.4 is 10.6 Å². The standard InChI is InChI=1S/C19H24N6O2/c1-14-4-3-5-15(10-14)11-17(26)20-6-8-25-19-16(12-24-25)18(22-13-23-19)21-7-9-27-2/h3-5,10,12-13H,6-9,11H2,1-2H3,(H,20,26)(H,21,22,23). The lowest BCUT2D eigenvalue weighted by Gasteiger charge is -2.08. The zero-order valence-corrected chi connectivity index (χ0v) is 15.6. The summed E-state index contributed by atoms with van der Waals surface area (Å²) in [7, 11) is 1.66. The molecule has 27 heavy (non-hydrogen) atoms. The van der Waals surface area contributed by atoms with Gasteiger partial charge in [0.25, 0.3) is 0 Å². The van der Waals surface area contributed by atoms with Gasteiger partial charge in [-0.2, -0.15) is 5.10 Å². The minimum atomic E-state index is -0.00592. The second-order valence-electron chi connectivity index (χ2n) is 6.26. The van der Waals surface area contributed by atoms with E-state index in [1.165, 1.54) is 6.33 Å². The third-order valence-corrected chi connectivity index (χ3v) is 4.13. The topological polar surface area (TPSA) is 94.0 Å². The van der Waals surface area contributed by atoms with Crippen molar-refractivity contribution in [2.24, 2.45) is 0 Å². The van der Waals surface area contributed by atoms with Crippen molar-refractivity contribution >= 4 is 22.8 Å². The third kappa shape index (κ3) is 5.01. The number of anilines is 1. The Morgan fingerprint density at radius 2 is 2.15 bits per heavy atom. The van der Waals surface area contributed by atoms with E-state index in [9.17, 15) is 4.79 Å². The molecule has 0 aliphatic heterocycles.